The number of carbonyl (C=O) groups is 2. The highest BCUT2D eigenvalue weighted by Gasteiger charge is 2.28. The molecule has 0 saturated carbocycles. The van der Waals surface area contributed by atoms with Gasteiger partial charge in [-0.05, 0) is 24.3 Å². The number of alkyl halides is 3. The molecule has 26 heavy (non-hydrogen) atoms. The molecule has 1 aromatic carbocycles. The minimum absolute atomic E-state index is 0.0231. The Morgan fingerprint density at radius 3 is 2.85 bits per heavy atom. The molecule has 1 fully saturated rings. The minimum Gasteiger partial charge on any atom is -0.447 e. The number of ether oxygens (including phenoxy) is 1. The van der Waals surface area contributed by atoms with E-state index < -0.39 is 24.6 Å². The van der Waals surface area contributed by atoms with Gasteiger partial charge in [-0.3, -0.25) is 9.69 Å². The summed E-state index contributed by atoms with van der Waals surface area (Å²) >= 11 is 0. The number of benzene rings is 1. The smallest absolute Gasteiger partial charge is 0.414 e. The summed E-state index contributed by atoms with van der Waals surface area (Å²) in [5.74, 6) is -0.393. The van der Waals surface area contributed by atoms with Crippen molar-refractivity contribution in [2.24, 2.45) is 0 Å². The second-order valence-corrected chi connectivity index (χ2v) is 5.54. The highest BCUT2D eigenvalue weighted by molar-refractivity contribution is 6.07. The molecular formula is C17H14F3N3O3. The number of hydrogen-bond acceptors (Lipinski definition) is 4. The van der Waals surface area contributed by atoms with Crippen LogP contribution in [-0.4, -0.2) is 40.8 Å². The van der Waals surface area contributed by atoms with Crippen LogP contribution in [-0.2, 0) is 11.3 Å². The first kappa shape index (κ1) is 17.7. The van der Waals surface area contributed by atoms with Gasteiger partial charge in [-0.15, -0.1) is 0 Å². The van der Waals surface area contributed by atoms with E-state index in [0.29, 0.717) is 17.8 Å². The van der Waals surface area contributed by atoms with Gasteiger partial charge in [-0.1, -0.05) is 12.1 Å². The third-order valence-electron chi connectivity index (χ3n) is 3.68. The molecule has 0 atom stereocenters. The van der Waals surface area contributed by atoms with E-state index in [1.54, 1.807) is 18.2 Å². The Bertz CT molecular complexity index is 858. The summed E-state index contributed by atoms with van der Waals surface area (Å²) < 4.78 is 43.3. The van der Waals surface area contributed by atoms with Gasteiger partial charge < -0.3 is 9.30 Å². The zero-order valence-corrected chi connectivity index (χ0v) is 13.4. The van der Waals surface area contributed by atoms with Crippen LogP contribution in [0.15, 0.2) is 42.7 Å². The number of halogens is 3. The van der Waals surface area contributed by atoms with Crippen LogP contribution >= 0.6 is 0 Å². The van der Waals surface area contributed by atoms with Crippen molar-refractivity contribution in [2.75, 3.05) is 18.1 Å². The van der Waals surface area contributed by atoms with E-state index in [1.807, 2.05) is 0 Å². The van der Waals surface area contributed by atoms with Gasteiger partial charge in [0.1, 0.15) is 19.0 Å². The van der Waals surface area contributed by atoms with Crippen molar-refractivity contribution in [3.05, 3.63) is 54.1 Å². The number of ketones is 1. The molecule has 6 nitrogen and oxygen atoms in total. The Morgan fingerprint density at radius 2 is 2.15 bits per heavy atom. The van der Waals surface area contributed by atoms with Crippen LogP contribution in [0.2, 0.25) is 0 Å². The Morgan fingerprint density at radius 1 is 1.35 bits per heavy atom. The number of amides is 1. The maximum absolute atomic E-state index is 12.5. The molecule has 3 rings (SSSR count). The molecule has 0 radical (unpaired) electrons. The molecule has 2 aromatic rings. The summed E-state index contributed by atoms with van der Waals surface area (Å²) in [5.41, 5.74) is 0.817. The monoisotopic (exact) mass is 365 g/mol. The zero-order chi connectivity index (χ0) is 18.7. The van der Waals surface area contributed by atoms with E-state index >= 15 is 0 Å². The van der Waals surface area contributed by atoms with Gasteiger partial charge in [0, 0.05) is 23.6 Å². The van der Waals surface area contributed by atoms with Crippen LogP contribution in [0, 0.1) is 0 Å². The third-order valence-corrected chi connectivity index (χ3v) is 3.68. The summed E-state index contributed by atoms with van der Waals surface area (Å²) in [6.45, 7) is -0.520. The van der Waals surface area contributed by atoms with Crippen molar-refractivity contribution >= 4 is 23.6 Å². The van der Waals surface area contributed by atoms with Crippen molar-refractivity contribution < 1.29 is 27.5 Å². The Labute approximate surface area is 146 Å². The summed E-state index contributed by atoms with van der Waals surface area (Å²) in [4.78, 5) is 29.1. The molecule has 1 aliphatic rings. The molecule has 9 heteroatoms. The first-order valence-corrected chi connectivity index (χ1v) is 7.68. The Balaban J connectivity index is 1.76. The highest BCUT2D eigenvalue weighted by atomic mass is 19.4. The summed E-state index contributed by atoms with van der Waals surface area (Å²) in [6.07, 6.45) is -0.0699. The van der Waals surface area contributed by atoms with Gasteiger partial charge in [0.25, 0.3) is 0 Å². The predicted octanol–water partition coefficient (Wildman–Crippen LogP) is 3.30. The van der Waals surface area contributed by atoms with E-state index in [9.17, 15) is 22.8 Å². The summed E-state index contributed by atoms with van der Waals surface area (Å²) in [7, 11) is 0. The average Bonchev–Trinajstić information content (AvgIpc) is 3.20. The number of imidazole rings is 1. The fraction of sp³-hybridized carbons (Fsp3) is 0.235. The van der Waals surface area contributed by atoms with Gasteiger partial charge in [-0.25, -0.2) is 9.78 Å². The number of allylic oxidation sites excluding steroid dienone is 1. The zero-order valence-electron chi connectivity index (χ0n) is 13.4. The number of nitrogens with zero attached hydrogens (tertiary/aromatic N) is 3. The lowest BCUT2D eigenvalue weighted by molar-refractivity contribution is -0.140. The first-order valence-electron chi connectivity index (χ1n) is 7.68. The molecule has 0 spiro atoms. The van der Waals surface area contributed by atoms with E-state index in [4.69, 9.17) is 4.74 Å². The van der Waals surface area contributed by atoms with Crippen molar-refractivity contribution in [3.63, 3.8) is 0 Å². The van der Waals surface area contributed by atoms with Crippen LogP contribution in [0.3, 0.4) is 0 Å². The standard InChI is InChI=1S/C17H14F3N3O3/c18-17(19,20)11-22-7-6-21-15(22)5-4-14(24)12-2-1-3-13(10-12)23-8-9-26-16(23)25/h1-7,10H,8-9,11H2/b5-4+. The molecular weight excluding hydrogens is 351 g/mol. The highest BCUT2D eigenvalue weighted by Crippen LogP contribution is 2.21. The first-order chi connectivity index (χ1) is 12.3. The fourth-order valence-corrected chi connectivity index (χ4v) is 2.51. The number of cyclic esters (lactones) is 1. The van der Waals surface area contributed by atoms with Gasteiger partial charge in [-0.2, -0.15) is 13.2 Å². The number of carbonyl (C=O) groups excluding carboxylic acids is 2. The van der Waals surface area contributed by atoms with E-state index in [1.165, 1.54) is 29.4 Å². The van der Waals surface area contributed by atoms with Crippen LogP contribution in [0.25, 0.3) is 6.08 Å². The maximum atomic E-state index is 12.5. The average molecular weight is 365 g/mol. The molecule has 1 aromatic heterocycles. The second kappa shape index (κ2) is 7.03. The van der Waals surface area contributed by atoms with Crippen LogP contribution in [0.4, 0.5) is 23.7 Å². The number of anilines is 1. The lowest BCUT2D eigenvalue weighted by atomic mass is 10.1. The van der Waals surface area contributed by atoms with Gasteiger partial charge in [0.2, 0.25) is 0 Å². The van der Waals surface area contributed by atoms with E-state index in [2.05, 4.69) is 4.98 Å². The Kier molecular flexibility index (Phi) is 4.79. The van der Waals surface area contributed by atoms with Crippen molar-refractivity contribution in [1.82, 2.24) is 9.55 Å². The predicted molar refractivity (Wildman–Crippen MR) is 86.8 cm³/mol. The van der Waals surface area contributed by atoms with E-state index in [0.717, 1.165) is 10.6 Å². The Hall–Kier alpha value is -3.10. The van der Waals surface area contributed by atoms with Crippen molar-refractivity contribution in [3.8, 4) is 0 Å². The molecule has 1 saturated heterocycles. The largest absolute Gasteiger partial charge is 0.447 e. The quantitative estimate of drug-likeness (QED) is 0.602. The van der Waals surface area contributed by atoms with Crippen LogP contribution < -0.4 is 4.90 Å². The molecule has 0 N–H and O–H groups in total. The van der Waals surface area contributed by atoms with E-state index in [-0.39, 0.29) is 12.4 Å². The van der Waals surface area contributed by atoms with Gasteiger partial charge >= 0.3 is 12.3 Å². The molecule has 1 amide bonds. The van der Waals surface area contributed by atoms with Crippen LogP contribution in [0.1, 0.15) is 16.2 Å². The van der Waals surface area contributed by atoms with Crippen molar-refractivity contribution in [2.45, 2.75) is 12.7 Å². The number of hydrogen-bond donors (Lipinski definition) is 0. The summed E-state index contributed by atoms with van der Waals surface area (Å²) in [6, 6.07) is 6.37. The normalized spacial score (nSPS) is 14.9. The topological polar surface area (TPSA) is 64.4 Å². The molecule has 2 heterocycles. The second-order valence-electron chi connectivity index (χ2n) is 5.54. The number of aromatic nitrogens is 2. The molecule has 0 aliphatic carbocycles. The molecule has 136 valence electrons. The van der Waals surface area contributed by atoms with Gasteiger partial charge in [0.05, 0.1) is 6.54 Å². The fourth-order valence-electron chi connectivity index (χ4n) is 2.51. The van der Waals surface area contributed by atoms with Crippen LogP contribution in [0.5, 0.6) is 0 Å². The molecule has 1 aliphatic heterocycles. The van der Waals surface area contributed by atoms with Crippen molar-refractivity contribution in [1.29, 1.82) is 0 Å². The third kappa shape index (κ3) is 4.11. The minimum atomic E-state index is -4.38. The molecule has 0 unspecified atom stereocenters. The molecule has 0 bridgehead atoms. The number of rotatable bonds is 5. The summed E-state index contributed by atoms with van der Waals surface area (Å²) in [5, 5.41) is 0. The lowest BCUT2D eigenvalue weighted by Gasteiger charge is -2.13. The lowest BCUT2D eigenvalue weighted by Crippen LogP contribution is -2.23. The maximum Gasteiger partial charge on any atom is 0.414 e. The SMILES string of the molecule is O=C(/C=C/c1nccn1CC(F)(F)F)c1cccc(N2CCOC2=O)c1. The van der Waals surface area contributed by atoms with Gasteiger partial charge in [0.15, 0.2) is 5.78 Å².